The molecule has 1 unspecified atom stereocenters. The monoisotopic (exact) mass is 353 g/mol. The fraction of sp³-hybridized carbons (Fsp3) is 0.250. The third kappa shape index (κ3) is 4.23. The minimum absolute atomic E-state index is 0.0992. The highest BCUT2D eigenvalue weighted by Gasteiger charge is 2.10. The van der Waals surface area contributed by atoms with E-state index in [1.807, 2.05) is 49.4 Å². The first kappa shape index (κ1) is 15.4. The lowest BCUT2D eigenvalue weighted by Crippen LogP contribution is -2.18. The molecule has 0 amide bonds. The quantitative estimate of drug-likeness (QED) is 0.853. The van der Waals surface area contributed by atoms with E-state index < -0.39 is 0 Å². The molecule has 20 heavy (non-hydrogen) atoms. The lowest BCUT2D eigenvalue weighted by Gasteiger charge is -2.15. The molecule has 2 N–H and O–H groups in total. The van der Waals surface area contributed by atoms with Crippen LogP contribution in [0.5, 0.6) is 5.75 Å². The van der Waals surface area contributed by atoms with Gasteiger partial charge in [-0.25, -0.2) is 0 Å². The van der Waals surface area contributed by atoms with Crippen LogP contribution in [0, 0.1) is 0 Å². The molecule has 1 atom stereocenters. The van der Waals surface area contributed by atoms with E-state index in [0.717, 1.165) is 32.8 Å². The molecule has 0 aliphatic heterocycles. The molecule has 0 aliphatic carbocycles. The molecule has 2 aromatic carbocycles. The Balaban J connectivity index is 2.13. The Bertz CT molecular complexity index is 569. The van der Waals surface area contributed by atoms with Crippen LogP contribution in [-0.4, -0.2) is 6.04 Å². The maximum absolute atomic E-state index is 5.95. The fourth-order valence-electron chi connectivity index (χ4n) is 1.96. The Morgan fingerprint density at radius 1 is 1.20 bits per heavy atom. The standard InChI is InChI=1S/C16H17BrClNO/c1-11(19)9-13-3-2-4-15(17)16(13)20-10-12-5-7-14(18)8-6-12/h2-8,11H,9-10,19H2,1H3. The smallest absolute Gasteiger partial charge is 0.137 e. The summed E-state index contributed by atoms with van der Waals surface area (Å²) in [6.07, 6.45) is 0.787. The number of nitrogens with two attached hydrogens (primary N) is 1. The van der Waals surface area contributed by atoms with Crippen molar-refractivity contribution in [1.29, 1.82) is 0 Å². The lowest BCUT2D eigenvalue weighted by molar-refractivity contribution is 0.300. The molecular weight excluding hydrogens is 338 g/mol. The summed E-state index contributed by atoms with van der Waals surface area (Å²) in [4.78, 5) is 0. The molecule has 0 saturated heterocycles. The number of hydrogen-bond donors (Lipinski definition) is 1. The van der Waals surface area contributed by atoms with Gasteiger partial charge >= 0.3 is 0 Å². The number of rotatable bonds is 5. The van der Waals surface area contributed by atoms with E-state index >= 15 is 0 Å². The van der Waals surface area contributed by atoms with Crippen molar-refractivity contribution < 1.29 is 4.74 Å². The summed E-state index contributed by atoms with van der Waals surface area (Å²) in [5.41, 5.74) is 8.08. The van der Waals surface area contributed by atoms with Crippen LogP contribution in [0.25, 0.3) is 0 Å². The molecular formula is C16H17BrClNO. The number of para-hydroxylation sites is 1. The van der Waals surface area contributed by atoms with Gasteiger partial charge in [0.1, 0.15) is 12.4 Å². The van der Waals surface area contributed by atoms with Gasteiger partial charge in [0.2, 0.25) is 0 Å². The summed E-state index contributed by atoms with van der Waals surface area (Å²) in [5.74, 6) is 0.861. The number of benzene rings is 2. The Labute approximate surface area is 133 Å². The van der Waals surface area contributed by atoms with Crippen molar-refractivity contribution in [3.05, 3.63) is 63.1 Å². The summed E-state index contributed by atoms with van der Waals surface area (Å²) in [7, 11) is 0. The molecule has 0 saturated carbocycles. The molecule has 0 fully saturated rings. The first-order valence-electron chi connectivity index (χ1n) is 6.46. The molecule has 0 aromatic heterocycles. The number of ether oxygens (including phenoxy) is 1. The Hall–Kier alpha value is -1.03. The largest absolute Gasteiger partial charge is 0.487 e. The number of halogens is 2. The van der Waals surface area contributed by atoms with Crippen LogP contribution in [0.2, 0.25) is 5.02 Å². The van der Waals surface area contributed by atoms with Crippen molar-refractivity contribution in [1.82, 2.24) is 0 Å². The van der Waals surface area contributed by atoms with E-state index in [4.69, 9.17) is 22.1 Å². The van der Waals surface area contributed by atoms with Gasteiger partial charge in [-0.3, -0.25) is 0 Å². The Kier molecular flexibility index (Phi) is 5.46. The lowest BCUT2D eigenvalue weighted by atomic mass is 10.1. The average molecular weight is 355 g/mol. The molecule has 4 heteroatoms. The molecule has 2 aromatic rings. The summed E-state index contributed by atoms with van der Waals surface area (Å²) in [6.45, 7) is 2.50. The molecule has 106 valence electrons. The zero-order valence-electron chi connectivity index (χ0n) is 11.3. The van der Waals surface area contributed by atoms with Gasteiger partial charge in [-0.2, -0.15) is 0 Å². The van der Waals surface area contributed by atoms with Crippen molar-refractivity contribution >= 4 is 27.5 Å². The van der Waals surface area contributed by atoms with Gasteiger partial charge in [-0.05, 0) is 58.6 Å². The molecule has 0 radical (unpaired) electrons. The molecule has 0 heterocycles. The van der Waals surface area contributed by atoms with Crippen LogP contribution in [-0.2, 0) is 13.0 Å². The van der Waals surface area contributed by atoms with Crippen LogP contribution < -0.4 is 10.5 Å². The van der Waals surface area contributed by atoms with Crippen LogP contribution in [0.4, 0.5) is 0 Å². The summed E-state index contributed by atoms with van der Waals surface area (Å²) in [6, 6.07) is 13.8. The first-order valence-corrected chi connectivity index (χ1v) is 7.63. The molecule has 0 bridgehead atoms. The second-order valence-electron chi connectivity index (χ2n) is 4.82. The van der Waals surface area contributed by atoms with Crippen molar-refractivity contribution in [2.45, 2.75) is 26.0 Å². The summed E-state index contributed by atoms with van der Waals surface area (Å²) in [5, 5.41) is 0.729. The number of hydrogen-bond acceptors (Lipinski definition) is 2. The van der Waals surface area contributed by atoms with Gasteiger partial charge in [-0.15, -0.1) is 0 Å². The molecule has 2 rings (SSSR count). The second kappa shape index (κ2) is 7.11. The molecule has 0 spiro atoms. The van der Waals surface area contributed by atoms with E-state index in [9.17, 15) is 0 Å². The van der Waals surface area contributed by atoms with Gasteiger partial charge < -0.3 is 10.5 Å². The predicted molar refractivity (Wildman–Crippen MR) is 87.3 cm³/mol. The van der Waals surface area contributed by atoms with Crippen LogP contribution >= 0.6 is 27.5 Å². The van der Waals surface area contributed by atoms with E-state index in [0.29, 0.717) is 6.61 Å². The van der Waals surface area contributed by atoms with E-state index in [2.05, 4.69) is 15.9 Å². The van der Waals surface area contributed by atoms with Gasteiger partial charge in [0.15, 0.2) is 0 Å². The van der Waals surface area contributed by atoms with Crippen molar-refractivity contribution in [2.75, 3.05) is 0 Å². The third-order valence-electron chi connectivity index (χ3n) is 2.89. The first-order chi connectivity index (χ1) is 9.56. The van der Waals surface area contributed by atoms with Crippen LogP contribution in [0.15, 0.2) is 46.9 Å². The molecule has 0 aliphatic rings. The van der Waals surface area contributed by atoms with Crippen LogP contribution in [0.3, 0.4) is 0 Å². The van der Waals surface area contributed by atoms with Crippen LogP contribution in [0.1, 0.15) is 18.1 Å². The topological polar surface area (TPSA) is 35.2 Å². The van der Waals surface area contributed by atoms with E-state index in [1.54, 1.807) is 0 Å². The summed E-state index contributed by atoms with van der Waals surface area (Å²) >= 11 is 9.41. The van der Waals surface area contributed by atoms with Gasteiger partial charge in [0, 0.05) is 11.1 Å². The zero-order valence-corrected chi connectivity index (χ0v) is 13.6. The van der Waals surface area contributed by atoms with Crippen molar-refractivity contribution in [3.63, 3.8) is 0 Å². The second-order valence-corrected chi connectivity index (χ2v) is 6.12. The highest BCUT2D eigenvalue weighted by Crippen LogP contribution is 2.30. The van der Waals surface area contributed by atoms with Gasteiger partial charge in [0.05, 0.1) is 4.47 Å². The highest BCUT2D eigenvalue weighted by molar-refractivity contribution is 9.10. The van der Waals surface area contributed by atoms with Gasteiger partial charge in [-0.1, -0.05) is 35.9 Å². The fourth-order valence-corrected chi connectivity index (χ4v) is 2.61. The predicted octanol–water partition coefficient (Wildman–Crippen LogP) is 4.57. The summed E-state index contributed by atoms with van der Waals surface area (Å²) < 4.78 is 6.90. The maximum atomic E-state index is 5.95. The minimum Gasteiger partial charge on any atom is -0.487 e. The zero-order chi connectivity index (χ0) is 14.5. The normalized spacial score (nSPS) is 12.2. The van der Waals surface area contributed by atoms with E-state index in [-0.39, 0.29) is 6.04 Å². The van der Waals surface area contributed by atoms with E-state index in [1.165, 1.54) is 0 Å². The SMILES string of the molecule is CC(N)Cc1cccc(Br)c1OCc1ccc(Cl)cc1. The average Bonchev–Trinajstić information content (AvgIpc) is 2.39. The van der Waals surface area contributed by atoms with Crippen molar-refractivity contribution in [2.24, 2.45) is 5.73 Å². The third-order valence-corrected chi connectivity index (χ3v) is 3.76. The highest BCUT2D eigenvalue weighted by atomic mass is 79.9. The Morgan fingerprint density at radius 3 is 2.55 bits per heavy atom. The maximum Gasteiger partial charge on any atom is 0.137 e. The Morgan fingerprint density at radius 2 is 1.90 bits per heavy atom. The minimum atomic E-state index is 0.0992. The molecule has 2 nitrogen and oxygen atoms in total. The van der Waals surface area contributed by atoms with Gasteiger partial charge in [0.25, 0.3) is 0 Å². The van der Waals surface area contributed by atoms with Crippen molar-refractivity contribution in [3.8, 4) is 5.75 Å².